The molecule has 31 heavy (non-hydrogen) atoms. The Morgan fingerprint density at radius 1 is 0.903 bits per heavy atom. The molecule has 1 saturated heterocycles. The van der Waals surface area contributed by atoms with E-state index >= 15 is 0 Å². The molecule has 3 aromatic rings. The van der Waals surface area contributed by atoms with Crippen molar-refractivity contribution in [1.29, 1.82) is 0 Å². The minimum atomic E-state index is -3.49. The van der Waals surface area contributed by atoms with E-state index in [-0.39, 0.29) is 5.69 Å². The summed E-state index contributed by atoms with van der Waals surface area (Å²) in [5.74, 6) is -2.06. The van der Waals surface area contributed by atoms with Crippen molar-refractivity contribution in [2.75, 3.05) is 18.4 Å². The van der Waals surface area contributed by atoms with Gasteiger partial charge in [-0.3, -0.25) is 4.79 Å². The molecular weight excluding hydrogens is 442 g/mol. The normalized spacial score (nSPS) is 15.0. The lowest BCUT2D eigenvalue weighted by Crippen LogP contribution is -2.35. The van der Waals surface area contributed by atoms with E-state index in [1.807, 2.05) is 0 Å². The summed E-state index contributed by atoms with van der Waals surface area (Å²) in [5, 5.41) is 2.46. The second kappa shape index (κ2) is 8.86. The second-order valence-electron chi connectivity index (χ2n) is 7.27. The lowest BCUT2D eigenvalue weighted by Gasteiger charge is -2.25. The number of amides is 1. The number of anilines is 1. The minimum Gasteiger partial charge on any atom is -0.322 e. The largest absolute Gasteiger partial charge is 0.322 e. The maximum atomic E-state index is 13.3. The molecule has 162 valence electrons. The lowest BCUT2D eigenvalue weighted by atomic mass is 10.1. The van der Waals surface area contributed by atoms with Gasteiger partial charge in [-0.25, -0.2) is 17.2 Å². The molecule has 1 N–H and O–H groups in total. The van der Waals surface area contributed by atoms with Crippen LogP contribution < -0.4 is 5.32 Å². The molecule has 0 aliphatic carbocycles. The fraction of sp³-hybridized carbons (Fsp3) is 0.227. The summed E-state index contributed by atoms with van der Waals surface area (Å²) in [6.07, 6.45) is 2.81. The molecule has 0 spiro atoms. The third-order valence-electron chi connectivity index (χ3n) is 5.04. The first-order valence-corrected chi connectivity index (χ1v) is 12.1. The number of nitrogens with zero attached hydrogens (tertiary/aromatic N) is 1. The van der Waals surface area contributed by atoms with Crippen LogP contribution in [0.5, 0.6) is 0 Å². The highest BCUT2D eigenvalue weighted by molar-refractivity contribution is 7.91. The molecule has 0 unspecified atom stereocenters. The minimum absolute atomic E-state index is 0.0254. The highest BCUT2D eigenvalue weighted by atomic mass is 32.2. The molecule has 2 heterocycles. The average molecular weight is 463 g/mol. The van der Waals surface area contributed by atoms with Gasteiger partial charge in [0.05, 0.1) is 0 Å². The summed E-state index contributed by atoms with van der Waals surface area (Å²) in [6, 6.07) is 12.8. The molecular formula is C22H20F2N2O3S2. The first kappa shape index (κ1) is 21.6. The van der Waals surface area contributed by atoms with Crippen molar-refractivity contribution >= 4 is 33.0 Å². The Labute approximate surface area is 183 Å². The Bertz CT molecular complexity index is 1180. The summed E-state index contributed by atoms with van der Waals surface area (Å²) >= 11 is 1.19. The Kier molecular flexibility index (Phi) is 6.17. The van der Waals surface area contributed by atoms with Gasteiger partial charge in [0.2, 0.25) is 0 Å². The van der Waals surface area contributed by atoms with Gasteiger partial charge in [0, 0.05) is 35.3 Å². The van der Waals surface area contributed by atoms with Crippen LogP contribution in [0.25, 0.3) is 10.4 Å². The third-order valence-corrected chi connectivity index (χ3v) is 8.54. The highest BCUT2D eigenvalue weighted by Crippen LogP contribution is 2.33. The molecule has 1 aliphatic heterocycles. The molecule has 5 nitrogen and oxygen atoms in total. The van der Waals surface area contributed by atoms with Crippen LogP contribution in [0.15, 0.2) is 58.8 Å². The maximum Gasteiger partial charge on any atom is 0.255 e. The molecule has 0 bridgehead atoms. The zero-order valence-electron chi connectivity index (χ0n) is 16.5. The predicted octanol–water partition coefficient (Wildman–Crippen LogP) is 5.12. The van der Waals surface area contributed by atoms with Crippen molar-refractivity contribution in [3.05, 3.63) is 71.8 Å². The molecule has 0 radical (unpaired) electrons. The lowest BCUT2D eigenvalue weighted by molar-refractivity contribution is 0.102. The van der Waals surface area contributed by atoms with Gasteiger partial charge in [-0.2, -0.15) is 4.31 Å². The number of piperidine rings is 1. The standard InChI is InChI=1S/C22H20F2N2O3S2/c23-17-12-18(24)14-19(13-17)25-22(27)16-6-4-15(5-7-16)20-8-9-21(30-20)31(28,29)26-10-2-1-3-11-26/h4-9,12-14H,1-3,10-11H2,(H,25,27). The number of thiophene rings is 1. The van der Waals surface area contributed by atoms with Crippen LogP contribution in [-0.4, -0.2) is 31.7 Å². The fourth-order valence-corrected chi connectivity index (χ4v) is 6.44. The van der Waals surface area contributed by atoms with Gasteiger partial charge in [-0.15, -0.1) is 11.3 Å². The molecule has 1 aliphatic rings. The van der Waals surface area contributed by atoms with E-state index in [0.29, 0.717) is 22.9 Å². The number of rotatable bonds is 5. The van der Waals surface area contributed by atoms with Gasteiger partial charge in [0.25, 0.3) is 15.9 Å². The van der Waals surface area contributed by atoms with Crippen molar-refractivity contribution in [2.24, 2.45) is 0 Å². The van der Waals surface area contributed by atoms with Crippen molar-refractivity contribution in [3.8, 4) is 10.4 Å². The Morgan fingerprint density at radius 3 is 2.19 bits per heavy atom. The maximum absolute atomic E-state index is 13.3. The number of sulfonamides is 1. The van der Waals surface area contributed by atoms with Crippen LogP contribution in [0.4, 0.5) is 14.5 Å². The summed E-state index contributed by atoms with van der Waals surface area (Å²) in [6.45, 7) is 1.10. The van der Waals surface area contributed by atoms with Gasteiger partial charge >= 0.3 is 0 Å². The van der Waals surface area contributed by atoms with E-state index in [0.717, 1.165) is 47.9 Å². The van der Waals surface area contributed by atoms with Crippen molar-refractivity contribution in [3.63, 3.8) is 0 Å². The van der Waals surface area contributed by atoms with Crippen molar-refractivity contribution in [1.82, 2.24) is 4.31 Å². The molecule has 2 aromatic carbocycles. The number of carbonyl (C=O) groups excluding carboxylic acids is 1. The number of hydrogen-bond acceptors (Lipinski definition) is 4. The van der Waals surface area contributed by atoms with Gasteiger partial charge in [-0.05, 0) is 54.8 Å². The van der Waals surface area contributed by atoms with Crippen molar-refractivity contribution < 1.29 is 22.0 Å². The smallest absolute Gasteiger partial charge is 0.255 e. The number of nitrogens with one attached hydrogen (secondary N) is 1. The molecule has 1 fully saturated rings. The average Bonchev–Trinajstić information content (AvgIpc) is 3.25. The molecule has 4 rings (SSSR count). The third kappa shape index (κ3) is 4.84. The predicted molar refractivity (Wildman–Crippen MR) is 117 cm³/mol. The van der Waals surface area contributed by atoms with Crippen LogP contribution in [0, 0.1) is 11.6 Å². The zero-order chi connectivity index (χ0) is 22.0. The van der Waals surface area contributed by atoms with Crippen LogP contribution in [-0.2, 0) is 10.0 Å². The molecule has 1 amide bonds. The van der Waals surface area contributed by atoms with Gasteiger partial charge in [-0.1, -0.05) is 18.6 Å². The van der Waals surface area contributed by atoms with Crippen LogP contribution in [0.3, 0.4) is 0 Å². The Morgan fingerprint density at radius 2 is 1.55 bits per heavy atom. The number of carbonyl (C=O) groups is 1. The van der Waals surface area contributed by atoms with Crippen LogP contribution >= 0.6 is 11.3 Å². The van der Waals surface area contributed by atoms with E-state index in [2.05, 4.69) is 5.32 Å². The number of benzene rings is 2. The van der Waals surface area contributed by atoms with Crippen molar-refractivity contribution in [2.45, 2.75) is 23.5 Å². The van der Waals surface area contributed by atoms with E-state index < -0.39 is 27.6 Å². The number of hydrogen-bond donors (Lipinski definition) is 1. The van der Waals surface area contributed by atoms with Crippen LogP contribution in [0.1, 0.15) is 29.6 Å². The van der Waals surface area contributed by atoms with Crippen LogP contribution in [0.2, 0.25) is 0 Å². The highest BCUT2D eigenvalue weighted by Gasteiger charge is 2.27. The van der Waals surface area contributed by atoms with E-state index in [1.165, 1.54) is 15.6 Å². The second-order valence-corrected chi connectivity index (χ2v) is 10.5. The first-order chi connectivity index (χ1) is 14.8. The molecule has 0 saturated carbocycles. The summed E-state index contributed by atoms with van der Waals surface area (Å²) in [4.78, 5) is 13.1. The Balaban J connectivity index is 1.49. The van der Waals surface area contributed by atoms with Gasteiger partial charge in [0.1, 0.15) is 15.8 Å². The Hall–Kier alpha value is -2.62. The summed E-state index contributed by atoms with van der Waals surface area (Å²) in [7, 11) is -3.49. The molecule has 9 heteroatoms. The van der Waals surface area contributed by atoms with E-state index in [4.69, 9.17) is 0 Å². The van der Waals surface area contributed by atoms with E-state index in [9.17, 15) is 22.0 Å². The monoisotopic (exact) mass is 462 g/mol. The summed E-state index contributed by atoms with van der Waals surface area (Å²) in [5.41, 5.74) is 1.11. The molecule has 1 aromatic heterocycles. The first-order valence-electron chi connectivity index (χ1n) is 9.81. The van der Waals surface area contributed by atoms with Gasteiger partial charge < -0.3 is 5.32 Å². The molecule has 0 atom stereocenters. The number of halogens is 2. The summed E-state index contributed by atoms with van der Waals surface area (Å²) < 4.78 is 54.1. The SMILES string of the molecule is O=C(Nc1cc(F)cc(F)c1)c1ccc(-c2ccc(S(=O)(=O)N3CCCCC3)s2)cc1. The van der Waals surface area contributed by atoms with E-state index in [1.54, 1.807) is 36.4 Å². The topological polar surface area (TPSA) is 66.5 Å². The van der Waals surface area contributed by atoms with Gasteiger partial charge in [0.15, 0.2) is 0 Å². The zero-order valence-corrected chi connectivity index (χ0v) is 18.1. The fourth-order valence-electron chi connectivity index (χ4n) is 3.46. The quantitative estimate of drug-likeness (QED) is 0.572.